The Kier molecular flexibility index (Phi) is 7.15. The molecule has 1 unspecified atom stereocenters. The zero-order chi connectivity index (χ0) is 17.5. The van der Waals surface area contributed by atoms with E-state index in [2.05, 4.69) is 10.6 Å². The third kappa shape index (κ3) is 5.97. The number of aliphatic hydroxyl groups is 1. The topological polar surface area (TPSA) is 70.6 Å². The maximum Gasteiger partial charge on any atom is 0.418 e. The predicted octanol–water partition coefficient (Wildman–Crippen LogP) is 3.39. The first kappa shape index (κ1) is 19.1. The molecule has 0 aliphatic carbocycles. The number of benzene rings is 1. The number of hydrogen-bond donors (Lipinski definition) is 3. The average molecular weight is 334 g/mol. The number of nitrogens with one attached hydrogen (secondary N) is 2. The van der Waals surface area contributed by atoms with Crippen LogP contribution in [0.5, 0.6) is 5.75 Å². The molecule has 0 saturated heterocycles. The molecule has 1 aromatic rings. The Morgan fingerprint density at radius 1 is 1.35 bits per heavy atom. The molecule has 130 valence electrons. The Hall–Kier alpha value is -1.96. The van der Waals surface area contributed by atoms with E-state index in [1.165, 1.54) is 6.07 Å². The quantitative estimate of drug-likeness (QED) is 0.716. The van der Waals surface area contributed by atoms with Crippen LogP contribution in [0.2, 0.25) is 0 Å². The summed E-state index contributed by atoms with van der Waals surface area (Å²) in [5.41, 5.74) is -1.33. The Balaban J connectivity index is 2.92. The van der Waals surface area contributed by atoms with Gasteiger partial charge in [0.15, 0.2) is 0 Å². The molecule has 8 heteroatoms. The maximum atomic E-state index is 13.1. The van der Waals surface area contributed by atoms with Crippen LogP contribution in [0.1, 0.15) is 32.3 Å². The largest absolute Gasteiger partial charge is 0.494 e. The average Bonchev–Trinajstić information content (AvgIpc) is 2.47. The van der Waals surface area contributed by atoms with Gasteiger partial charge in [-0.3, -0.25) is 0 Å². The minimum Gasteiger partial charge on any atom is -0.494 e. The molecule has 0 fully saturated rings. The summed E-state index contributed by atoms with van der Waals surface area (Å²) in [6.07, 6.45) is -3.73. The van der Waals surface area contributed by atoms with Crippen molar-refractivity contribution in [2.24, 2.45) is 0 Å². The predicted molar refractivity (Wildman–Crippen MR) is 80.5 cm³/mol. The molecule has 5 nitrogen and oxygen atoms in total. The van der Waals surface area contributed by atoms with E-state index in [-0.39, 0.29) is 30.7 Å². The van der Waals surface area contributed by atoms with Gasteiger partial charge in [-0.05, 0) is 38.0 Å². The van der Waals surface area contributed by atoms with Crippen LogP contribution >= 0.6 is 0 Å². The molecule has 1 atom stereocenters. The van der Waals surface area contributed by atoms with Crippen molar-refractivity contribution in [3.8, 4) is 5.75 Å². The highest BCUT2D eigenvalue weighted by molar-refractivity contribution is 5.90. The number of alkyl halides is 3. The lowest BCUT2D eigenvalue weighted by atomic mass is 10.1. The van der Waals surface area contributed by atoms with Gasteiger partial charge in [0.1, 0.15) is 5.75 Å². The van der Waals surface area contributed by atoms with Gasteiger partial charge >= 0.3 is 12.2 Å². The lowest BCUT2D eigenvalue weighted by Crippen LogP contribution is -2.38. The molecule has 0 bridgehead atoms. The van der Waals surface area contributed by atoms with Gasteiger partial charge < -0.3 is 20.5 Å². The fraction of sp³-hybridized carbons (Fsp3) is 0.533. The van der Waals surface area contributed by atoms with Crippen molar-refractivity contribution < 1.29 is 27.8 Å². The van der Waals surface area contributed by atoms with Crippen LogP contribution in [0.15, 0.2) is 18.2 Å². The summed E-state index contributed by atoms with van der Waals surface area (Å²) in [5, 5.41) is 13.6. The van der Waals surface area contributed by atoms with Crippen LogP contribution in [0.4, 0.5) is 23.7 Å². The number of urea groups is 1. The Labute approximate surface area is 132 Å². The SMILES string of the molecule is CCOc1ccc(NC(=O)NC(CC)CCO)c(C(F)(F)F)c1. The monoisotopic (exact) mass is 334 g/mol. The van der Waals surface area contributed by atoms with E-state index in [1.807, 2.05) is 0 Å². The summed E-state index contributed by atoms with van der Waals surface area (Å²) >= 11 is 0. The van der Waals surface area contributed by atoms with Crippen molar-refractivity contribution in [3.05, 3.63) is 23.8 Å². The second-order valence-corrected chi connectivity index (χ2v) is 4.85. The number of hydrogen-bond acceptors (Lipinski definition) is 3. The first-order valence-corrected chi connectivity index (χ1v) is 7.34. The van der Waals surface area contributed by atoms with Gasteiger partial charge in [0.25, 0.3) is 0 Å². The van der Waals surface area contributed by atoms with E-state index in [1.54, 1.807) is 13.8 Å². The summed E-state index contributed by atoms with van der Waals surface area (Å²) < 4.78 is 44.4. The molecule has 0 radical (unpaired) electrons. The van der Waals surface area contributed by atoms with Crippen molar-refractivity contribution >= 4 is 11.7 Å². The van der Waals surface area contributed by atoms with Gasteiger partial charge in [0, 0.05) is 12.6 Å². The van der Waals surface area contributed by atoms with Gasteiger partial charge in [-0.2, -0.15) is 13.2 Å². The zero-order valence-electron chi connectivity index (χ0n) is 13.0. The molecule has 0 heterocycles. The third-order valence-corrected chi connectivity index (χ3v) is 3.16. The maximum absolute atomic E-state index is 13.1. The van der Waals surface area contributed by atoms with E-state index in [0.717, 1.165) is 12.1 Å². The lowest BCUT2D eigenvalue weighted by Gasteiger charge is -2.19. The number of carbonyl (C=O) groups excluding carboxylic acids is 1. The van der Waals surface area contributed by atoms with Crippen LogP contribution in [-0.4, -0.2) is 30.4 Å². The summed E-state index contributed by atoms with van der Waals surface area (Å²) in [4.78, 5) is 11.8. The van der Waals surface area contributed by atoms with Crippen molar-refractivity contribution in [3.63, 3.8) is 0 Å². The van der Waals surface area contributed by atoms with E-state index >= 15 is 0 Å². The number of halogens is 3. The second-order valence-electron chi connectivity index (χ2n) is 4.85. The van der Waals surface area contributed by atoms with Crippen molar-refractivity contribution in [1.82, 2.24) is 5.32 Å². The Morgan fingerprint density at radius 3 is 2.57 bits per heavy atom. The van der Waals surface area contributed by atoms with Crippen molar-refractivity contribution in [2.75, 3.05) is 18.5 Å². The third-order valence-electron chi connectivity index (χ3n) is 3.16. The normalized spacial score (nSPS) is 12.6. The van der Waals surface area contributed by atoms with E-state index in [0.29, 0.717) is 12.8 Å². The summed E-state index contributed by atoms with van der Waals surface area (Å²) in [5.74, 6) is 0.0810. The molecule has 23 heavy (non-hydrogen) atoms. The highest BCUT2D eigenvalue weighted by Crippen LogP contribution is 2.37. The molecule has 2 amide bonds. The molecular weight excluding hydrogens is 313 g/mol. The Morgan fingerprint density at radius 2 is 2.04 bits per heavy atom. The minimum absolute atomic E-state index is 0.0810. The van der Waals surface area contributed by atoms with Crippen LogP contribution in [0.25, 0.3) is 0 Å². The lowest BCUT2D eigenvalue weighted by molar-refractivity contribution is -0.137. The summed E-state index contributed by atoms with van der Waals surface area (Å²) in [6, 6.07) is 2.31. The standard InChI is InChI=1S/C15H21F3N2O3/c1-3-10(7-8-21)19-14(22)20-13-6-5-11(23-4-2)9-12(13)15(16,17)18/h5-6,9-10,21H,3-4,7-8H2,1-2H3,(H2,19,20,22). The van der Waals surface area contributed by atoms with Gasteiger partial charge in [-0.15, -0.1) is 0 Å². The molecule has 0 spiro atoms. The van der Waals surface area contributed by atoms with Crippen LogP contribution < -0.4 is 15.4 Å². The number of rotatable bonds is 7. The summed E-state index contributed by atoms with van der Waals surface area (Å²) in [6.45, 7) is 3.59. The van der Waals surface area contributed by atoms with Crippen LogP contribution in [0.3, 0.4) is 0 Å². The molecular formula is C15H21F3N2O3. The second kappa shape index (κ2) is 8.61. The number of carbonyl (C=O) groups is 1. The van der Waals surface area contributed by atoms with Gasteiger partial charge in [0.2, 0.25) is 0 Å². The van der Waals surface area contributed by atoms with Gasteiger partial charge in [0.05, 0.1) is 17.9 Å². The van der Waals surface area contributed by atoms with E-state index in [9.17, 15) is 18.0 Å². The van der Waals surface area contributed by atoms with E-state index in [4.69, 9.17) is 9.84 Å². The van der Waals surface area contributed by atoms with E-state index < -0.39 is 17.8 Å². The highest BCUT2D eigenvalue weighted by Gasteiger charge is 2.34. The van der Waals surface area contributed by atoms with Crippen molar-refractivity contribution in [1.29, 1.82) is 0 Å². The first-order valence-electron chi connectivity index (χ1n) is 7.34. The molecule has 3 N–H and O–H groups in total. The first-order chi connectivity index (χ1) is 10.8. The highest BCUT2D eigenvalue weighted by atomic mass is 19.4. The number of aliphatic hydroxyl groups excluding tert-OH is 1. The summed E-state index contributed by atoms with van der Waals surface area (Å²) in [7, 11) is 0. The number of amides is 2. The molecule has 0 aromatic heterocycles. The fourth-order valence-corrected chi connectivity index (χ4v) is 2.00. The molecule has 0 saturated carbocycles. The molecule has 0 aliphatic heterocycles. The number of anilines is 1. The molecule has 1 rings (SSSR count). The smallest absolute Gasteiger partial charge is 0.418 e. The molecule has 0 aliphatic rings. The van der Waals surface area contributed by atoms with Gasteiger partial charge in [-0.1, -0.05) is 6.92 Å². The van der Waals surface area contributed by atoms with Crippen LogP contribution in [0, 0.1) is 0 Å². The van der Waals surface area contributed by atoms with Crippen LogP contribution in [-0.2, 0) is 6.18 Å². The number of ether oxygens (including phenoxy) is 1. The molecule has 1 aromatic carbocycles. The van der Waals surface area contributed by atoms with Crippen molar-refractivity contribution in [2.45, 2.75) is 38.9 Å². The van der Waals surface area contributed by atoms with Gasteiger partial charge in [-0.25, -0.2) is 4.79 Å². The zero-order valence-corrected chi connectivity index (χ0v) is 13.0. The Bertz CT molecular complexity index is 521. The fourth-order valence-electron chi connectivity index (χ4n) is 2.00. The minimum atomic E-state index is -4.62.